The van der Waals surface area contributed by atoms with E-state index in [9.17, 15) is 0 Å². The molecule has 1 heterocycles. The third kappa shape index (κ3) is 3.92. The van der Waals surface area contributed by atoms with Crippen LogP contribution in [0.3, 0.4) is 0 Å². The lowest BCUT2D eigenvalue weighted by molar-refractivity contribution is 0.0343. The summed E-state index contributed by atoms with van der Waals surface area (Å²) in [6.45, 7) is 13.5. The monoisotopic (exact) mass is 183 g/mol. The standard InChI is InChI=1S/C11H21NO/c1-4-11(2,3)5-6-12-7-9-13-10-8-12/h4H,1,5-10H2,2-3H3. The van der Waals surface area contributed by atoms with E-state index in [1.165, 1.54) is 13.0 Å². The third-order valence-electron chi connectivity index (χ3n) is 2.73. The van der Waals surface area contributed by atoms with Gasteiger partial charge in [-0.1, -0.05) is 19.9 Å². The highest BCUT2D eigenvalue weighted by molar-refractivity contribution is 4.88. The van der Waals surface area contributed by atoms with Crippen molar-refractivity contribution in [2.45, 2.75) is 20.3 Å². The molecule has 0 aromatic heterocycles. The molecule has 1 fully saturated rings. The Labute approximate surface area is 81.6 Å². The van der Waals surface area contributed by atoms with Gasteiger partial charge in [0.15, 0.2) is 0 Å². The van der Waals surface area contributed by atoms with E-state index < -0.39 is 0 Å². The van der Waals surface area contributed by atoms with E-state index in [1.54, 1.807) is 0 Å². The predicted molar refractivity (Wildman–Crippen MR) is 55.9 cm³/mol. The molecule has 0 saturated carbocycles. The Kier molecular flexibility index (Phi) is 3.94. The van der Waals surface area contributed by atoms with Crippen molar-refractivity contribution in [2.75, 3.05) is 32.8 Å². The van der Waals surface area contributed by atoms with Crippen LogP contribution in [0.2, 0.25) is 0 Å². The quantitative estimate of drug-likeness (QED) is 0.617. The average Bonchev–Trinajstić information content (AvgIpc) is 2.17. The third-order valence-corrected chi connectivity index (χ3v) is 2.73. The highest BCUT2D eigenvalue weighted by Crippen LogP contribution is 2.21. The summed E-state index contributed by atoms with van der Waals surface area (Å²) in [5.74, 6) is 0. The summed E-state index contributed by atoms with van der Waals surface area (Å²) in [6, 6.07) is 0. The normalized spacial score (nSPS) is 20.2. The van der Waals surface area contributed by atoms with Crippen LogP contribution in [0.25, 0.3) is 0 Å². The van der Waals surface area contributed by atoms with Crippen molar-refractivity contribution in [3.8, 4) is 0 Å². The van der Waals surface area contributed by atoms with Crippen LogP contribution in [0.1, 0.15) is 20.3 Å². The summed E-state index contributed by atoms with van der Waals surface area (Å²) in [4.78, 5) is 2.47. The maximum atomic E-state index is 5.30. The molecule has 0 N–H and O–H groups in total. The maximum absolute atomic E-state index is 5.30. The Bertz CT molecular complexity index is 159. The van der Waals surface area contributed by atoms with Crippen LogP contribution in [-0.2, 0) is 4.74 Å². The molecule has 0 spiro atoms. The molecule has 1 aliphatic heterocycles. The van der Waals surface area contributed by atoms with Gasteiger partial charge in [0.05, 0.1) is 13.2 Å². The lowest BCUT2D eigenvalue weighted by atomic mass is 9.89. The highest BCUT2D eigenvalue weighted by Gasteiger charge is 2.16. The molecule has 0 bridgehead atoms. The van der Waals surface area contributed by atoms with E-state index in [2.05, 4.69) is 25.3 Å². The van der Waals surface area contributed by atoms with Crippen LogP contribution >= 0.6 is 0 Å². The van der Waals surface area contributed by atoms with Gasteiger partial charge in [-0.25, -0.2) is 0 Å². The van der Waals surface area contributed by atoms with Crippen LogP contribution in [0.4, 0.5) is 0 Å². The van der Waals surface area contributed by atoms with E-state index in [0.717, 1.165) is 26.3 Å². The molecule has 76 valence electrons. The van der Waals surface area contributed by atoms with E-state index in [1.807, 2.05) is 6.08 Å². The summed E-state index contributed by atoms with van der Waals surface area (Å²) >= 11 is 0. The van der Waals surface area contributed by atoms with Crippen molar-refractivity contribution in [1.29, 1.82) is 0 Å². The van der Waals surface area contributed by atoms with Gasteiger partial charge in [-0.05, 0) is 18.4 Å². The highest BCUT2D eigenvalue weighted by atomic mass is 16.5. The second kappa shape index (κ2) is 4.77. The SMILES string of the molecule is C=CC(C)(C)CCN1CCOCC1. The molecule has 2 nitrogen and oxygen atoms in total. The fourth-order valence-electron chi connectivity index (χ4n) is 1.37. The van der Waals surface area contributed by atoms with Gasteiger partial charge in [0, 0.05) is 13.1 Å². The van der Waals surface area contributed by atoms with Gasteiger partial charge in [0.1, 0.15) is 0 Å². The van der Waals surface area contributed by atoms with E-state index in [0.29, 0.717) is 0 Å². The first-order valence-corrected chi connectivity index (χ1v) is 5.08. The zero-order valence-corrected chi connectivity index (χ0v) is 8.88. The lowest BCUT2D eigenvalue weighted by Crippen LogP contribution is -2.38. The van der Waals surface area contributed by atoms with Gasteiger partial charge in [-0.15, -0.1) is 6.58 Å². The molecule has 0 unspecified atom stereocenters. The summed E-state index contributed by atoms with van der Waals surface area (Å²) in [7, 11) is 0. The molecule has 0 aromatic rings. The second-order valence-electron chi connectivity index (χ2n) is 4.40. The van der Waals surface area contributed by atoms with Crippen LogP contribution in [0.5, 0.6) is 0 Å². The van der Waals surface area contributed by atoms with Gasteiger partial charge < -0.3 is 4.74 Å². The maximum Gasteiger partial charge on any atom is 0.0594 e. The Morgan fingerprint density at radius 3 is 2.54 bits per heavy atom. The van der Waals surface area contributed by atoms with Crippen molar-refractivity contribution in [1.82, 2.24) is 4.90 Å². The second-order valence-corrected chi connectivity index (χ2v) is 4.40. The Morgan fingerprint density at radius 2 is 2.00 bits per heavy atom. The molecule has 2 heteroatoms. The van der Waals surface area contributed by atoms with Gasteiger partial charge in [-0.2, -0.15) is 0 Å². The number of morpholine rings is 1. The van der Waals surface area contributed by atoms with Crippen LogP contribution in [0.15, 0.2) is 12.7 Å². The molecular formula is C11H21NO. The minimum absolute atomic E-state index is 0.276. The van der Waals surface area contributed by atoms with Crippen molar-refractivity contribution in [3.05, 3.63) is 12.7 Å². The lowest BCUT2D eigenvalue weighted by Gasteiger charge is -2.29. The smallest absolute Gasteiger partial charge is 0.0594 e. The molecule has 1 aliphatic rings. The summed E-state index contributed by atoms with van der Waals surface area (Å²) in [5, 5.41) is 0. The fraction of sp³-hybridized carbons (Fsp3) is 0.818. The average molecular weight is 183 g/mol. The van der Waals surface area contributed by atoms with Gasteiger partial charge in [0.25, 0.3) is 0 Å². The largest absolute Gasteiger partial charge is 0.379 e. The molecule has 0 aromatic carbocycles. The Morgan fingerprint density at radius 1 is 1.38 bits per heavy atom. The predicted octanol–water partition coefficient (Wildman–Crippen LogP) is 1.92. The molecule has 0 radical (unpaired) electrons. The van der Waals surface area contributed by atoms with Gasteiger partial charge in [0.2, 0.25) is 0 Å². The minimum atomic E-state index is 0.276. The number of rotatable bonds is 4. The van der Waals surface area contributed by atoms with Crippen LogP contribution in [0, 0.1) is 5.41 Å². The van der Waals surface area contributed by atoms with E-state index in [4.69, 9.17) is 4.74 Å². The molecule has 0 amide bonds. The first kappa shape index (κ1) is 10.7. The van der Waals surface area contributed by atoms with Crippen LogP contribution < -0.4 is 0 Å². The molecule has 1 rings (SSSR count). The number of hydrogen-bond donors (Lipinski definition) is 0. The van der Waals surface area contributed by atoms with Gasteiger partial charge in [-0.3, -0.25) is 4.90 Å². The first-order valence-electron chi connectivity index (χ1n) is 5.08. The summed E-state index contributed by atoms with van der Waals surface area (Å²) in [5.41, 5.74) is 0.276. The topological polar surface area (TPSA) is 12.5 Å². The van der Waals surface area contributed by atoms with E-state index >= 15 is 0 Å². The zero-order valence-electron chi connectivity index (χ0n) is 8.88. The van der Waals surface area contributed by atoms with Crippen molar-refractivity contribution >= 4 is 0 Å². The molecular weight excluding hydrogens is 162 g/mol. The molecule has 0 aliphatic carbocycles. The Balaban J connectivity index is 2.20. The number of allylic oxidation sites excluding steroid dienone is 1. The van der Waals surface area contributed by atoms with Crippen molar-refractivity contribution in [3.63, 3.8) is 0 Å². The number of hydrogen-bond acceptors (Lipinski definition) is 2. The van der Waals surface area contributed by atoms with Crippen molar-refractivity contribution in [2.24, 2.45) is 5.41 Å². The number of nitrogens with zero attached hydrogens (tertiary/aromatic N) is 1. The summed E-state index contributed by atoms with van der Waals surface area (Å²) in [6.07, 6.45) is 3.24. The van der Waals surface area contributed by atoms with Crippen LogP contribution in [-0.4, -0.2) is 37.7 Å². The molecule has 1 saturated heterocycles. The summed E-state index contributed by atoms with van der Waals surface area (Å²) < 4.78 is 5.30. The first-order chi connectivity index (χ1) is 6.14. The van der Waals surface area contributed by atoms with E-state index in [-0.39, 0.29) is 5.41 Å². The Hall–Kier alpha value is -0.340. The molecule has 0 atom stereocenters. The number of ether oxygens (including phenoxy) is 1. The fourth-order valence-corrected chi connectivity index (χ4v) is 1.37. The molecule has 13 heavy (non-hydrogen) atoms. The van der Waals surface area contributed by atoms with Gasteiger partial charge >= 0.3 is 0 Å². The zero-order chi connectivity index (χ0) is 9.73. The van der Waals surface area contributed by atoms with Crippen molar-refractivity contribution < 1.29 is 4.74 Å². The minimum Gasteiger partial charge on any atom is -0.379 e.